The number of hydrogen-bond acceptors (Lipinski definition) is 2. The average molecular weight is 312 g/mol. The van der Waals surface area contributed by atoms with Crippen LogP contribution in [0.1, 0.15) is 12.5 Å². The number of pyridine rings is 1. The Balaban J connectivity index is 2.29. The van der Waals surface area contributed by atoms with Crippen LogP contribution < -0.4 is 5.32 Å². The van der Waals surface area contributed by atoms with E-state index in [4.69, 9.17) is 11.6 Å². The molecule has 0 aliphatic heterocycles. The van der Waals surface area contributed by atoms with Crippen molar-refractivity contribution in [3.63, 3.8) is 0 Å². The lowest BCUT2D eigenvalue weighted by Crippen LogP contribution is -1.97. The largest absolute Gasteiger partial charge is 0.340 e. The quantitative estimate of drug-likeness (QED) is 0.823. The maximum atomic E-state index is 5.85. The van der Waals surface area contributed by atoms with Crippen LogP contribution in [0.25, 0.3) is 0 Å². The van der Waals surface area contributed by atoms with Crippen molar-refractivity contribution in [3.8, 4) is 0 Å². The van der Waals surface area contributed by atoms with E-state index in [0.29, 0.717) is 5.15 Å². The van der Waals surface area contributed by atoms with Gasteiger partial charge in [0.1, 0.15) is 11.0 Å². The summed E-state index contributed by atoms with van der Waals surface area (Å²) in [5, 5.41) is 3.77. The molecule has 2 aromatic rings. The summed E-state index contributed by atoms with van der Waals surface area (Å²) in [6.07, 6.45) is 0.961. The monoisotopic (exact) mass is 310 g/mol. The van der Waals surface area contributed by atoms with Crippen molar-refractivity contribution in [2.24, 2.45) is 0 Å². The second-order valence-corrected chi connectivity index (χ2v) is 4.93. The fourth-order valence-electron chi connectivity index (χ4n) is 1.59. The van der Waals surface area contributed by atoms with Gasteiger partial charge in [-0.05, 0) is 42.3 Å². The van der Waals surface area contributed by atoms with E-state index < -0.39 is 0 Å². The first-order valence-electron chi connectivity index (χ1n) is 5.37. The standard InChI is InChI=1S/C13H12BrClN2/c1-2-9-8-10(14)6-7-11(9)16-13-5-3-4-12(15)17-13/h3-8H,2H2,1H3,(H,16,17). The van der Waals surface area contributed by atoms with Crippen LogP contribution in [0.5, 0.6) is 0 Å². The van der Waals surface area contributed by atoms with Crippen LogP contribution in [0, 0.1) is 0 Å². The molecule has 0 aliphatic carbocycles. The van der Waals surface area contributed by atoms with Crippen LogP contribution in [-0.4, -0.2) is 4.98 Å². The van der Waals surface area contributed by atoms with Gasteiger partial charge in [0.2, 0.25) is 0 Å². The van der Waals surface area contributed by atoms with E-state index in [0.717, 1.165) is 22.4 Å². The molecule has 1 N–H and O–H groups in total. The Labute approximate surface area is 114 Å². The van der Waals surface area contributed by atoms with E-state index in [1.165, 1.54) is 5.56 Å². The Morgan fingerprint density at radius 2 is 2.12 bits per heavy atom. The molecule has 0 spiro atoms. The first-order valence-corrected chi connectivity index (χ1v) is 6.54. The molecule has 0 radical (unpaired) electrons. The first-order chi connectivity index (χ1) is 8.19. The molecule has 1 heterocycles. The van der Waals surface area contributed by atoms with E-state index in [2.05, 4.69) is 39.2 Å². The second-order valence-electron chi connectivity index (χ2n) is 3.63. The fraction of sp³-hybridized carbons (Fsp3) is 0.154. The topological polar surface area (TPSA) is 24.9 Å². The summed E-state index contributed by atoms with van der Waals surface area (Å²) in [7, 11) is 0. The Kier molecular flexibility index (Phi) is 4.02. The molecule has 17 heavy (non-hydrogen) atoms. The number of hydrogen-bond donors (Lipinski definition) is 1. The zero-order valence-electron chi connectivity index (χ0n) is 9.37. The molecule has 0 saturated heterocycles. The van der Waals surface area contributed by atoms with Gasteiger partial charge in [-0.15, -0.1) is 0 Å². The second kappa shape index (κ2) is 5.52. The molecule has 1 aromatic carbocycles. The van der Waals surface area contributed by atoms with Crippen LogP contribution in [0.3, 0.4) is 0 Å². The molecular formula is C13H12BrClN2. The van der Waals surface area contributed by atoms with Gasteiger partial charge < -0.3 is 5.32 Å². The Bertz CT molecular complexity index is 529. The molecule has 0 unspecified atom stereocenters. The molecule has 0 saturated carbocycles. The van der Waals surface area contributed by atoms with E-state index in [1.807, 2.05) is 24.3 Å². The average Bonchev–Trinajstić information content (AvgIpc) is 2.31. The van der Waals surface area contributed by atoms with Gasteiger partial charge in [-0.1, -0.05) is 40.5 Å². The number of nitrogens with one attached hydrogen (secondary N) is 1. The predicted octanol–water partition coefficient (Wildman–Crippen LogP) is 4.80. The predicted molar refractivity (Wildman–Crippen MR) is 76.0 cm³/mol. The van der Waals surface area contributed by atoms with E-state index in [9.17, 15) is 0 Å². The lowest BCUT2D eigenvalue weighted by Gasteiger charge is -2.10. The number of nitrogens with zero attached hydrogens (tertiary/aromatic N) is 1. The number of aromatic nitrogens is 1. The van der Waals surface area contributed by atoms with E-state index in [1.54, 1.807) is 6.07 Å². The van der Waals surface area contributed by atoms with Crippen LogP contribution in [0.15, 0.2) is 40.9 Å². The number of benzene rings is 1. The molecule has 4 heteroatoms. The van der Waals surface area contributed by atoms with Crippen LogP contribution in [0.2, 0.25) is 5.15 Å². The van der Waals surface area contributed by atoms with E-state index >= 15 is 0 Å². The Morgan fingerprint density at radius 1 is 1.29 bits per heavy atom. The smallest absolute Gasteiger partial charge is 0.132 e. The summed E-state index contributed by atoms with van der Waals surface area (Å²) in [4.78, 5) is 4.21. The van der Waals surface area contributed by atoms with Gasteiger partial charge in [0, 0.05) is 10.2 Å². The molecule has 0 aliphatic rings. The molecule has 88 valence electrons. The summed E-state index contributed by atoms with van der Waals surface area (Å²) in [5.74, 6) is 0.759. The lowest BCUT2D eigenvalue weighted by molar-refractivity contribution is 1.13. The summed E-state index contributed by atoms with van der Waals surface area (Å²) in [5.41, 5.74) is 2.30. The number of rotatable bonds is 3. The zero-order chi connectivity index (χ0) is 12.3. The third-order valence-electron chi connectivity index (χ3n) is 2.43. The molecule has 2 nitrogen and oxygen atoms in total. The van der Waals surface area contributed by atoms with Crippen LogP contribution in [0.4, 0.5) is 11.5 Å². The molecule has 0 amide bonds. The number of aryl methyl sites for hydroxylation is 1. The van der Waals surface area contributed by atoms with Gasteiger partial charge in [0.05, 0.1) is 0 Å². The highest BCUT2D eigenvalue weighted by atomic mass is 79.9. The van der Waals surface area contributed by atoms with Crippen LogP contribution >= 0.6 is 27.5 Å². The minimum Gasteiger partial charge on any atom is -0.340 e. The first kappa shape index (κ1) is 12.4. The maximum absolute atomic E-state index is 5.85. The van der Waals surface area contributed by atoms with Crippen molar-refractivity contribution in [3.05, 3.63) is 51.6 Å². The summed E-state index contributed by atoms with van der Waals surface area (Å²) in [6, 6.07) is 11.7. The van der Waals surface area contributed by atoms with Gasteiger partial charge in [-0.2, -0.15) is 0 Å². The molecule has 0 atom stereocenters. The highest BCUT2D eigenvalue weighted by molar-refractivity contribution is 9.10. The number of anilines is 2. The highest BCUT2D eigenvalue weighted by Crippen LogP contribution is 2.24. The van der Waals surface area contributed by atoms with Crippen molar-refractivity contribution in [1.82, 2.24) is 4.98 Å². The molecule has 0 fully saturated rings. The van der Waals surface area contributed by atoms with Gasteiger partial charge in [-0.3, -0.25) is 0 Å². The number of halogens is 2. The van der Waals surface area contributed by atoms with Crippen molar-refractivity contribution in [2.45, 2.75) is 13.3 Å². The summed E-state index contributed by atoms with van der Waals surface area (Å²) >= 11 is 9.32. The SMILES string of the molecule is CCc1cc(Br)ccc1Nc1cccc(Cl)n1. The van der Waals surface area contributed by atoms with Crippen molar-refractivity contribution in [1.29, 1.82) is 0 Å². The van der Waals surface area contributed by atoms with Crippen molar-refractivity contribution >= 4 is 39.0 Å². The summed E-state index contributed by atoms with van der Waals surface area (Å²) < 4.78 is 1.08. The molecule has 2 rings (SSSR count). The highest BCUT2D eigenvalue weighted by Gasteiger charge is 2.03. The Hall–Kier alpha value is -1.06. The van der Waals surface area contributed by atoms with Gasteiger partial charge in [0.25, 0.3) is 0 Å². The Morgan fingerprint density at radius 3 is 2.82 bits per heavy atom. The third-order valence-corrected chi connectivity index (χ3v) is 3.13. The third kappa shape index (κ3) is 3.20. The zero-order valence-corrected chi connectivity index (χ0v) is 11.7. The molecule has 0 bridgehead atoms. The van der Waals surface area contributed by atoms with Crippen LogP contribution in [-0.2, 0) is 6.42 Å². The lowest BCUT2D eigenvalue weighted by atomic mass is 10.1. The normalized spacial score (nSPS) is 10.3. The van der Waals surface area contributed by atoms with Gasteiger partial charge in [-0.25, -0.2) is 4.98 Å². The molecule has 1 aromatic heterocycles. The fourth-order valence-corrected chi connectivity index (χ4v) is 2.16. The van der Waals surface area contributed by atoms with E-state index in [-0.39, 0.29) is 0 Å². The van der Waals surface area contributed by atoms with Crippen molar-refractivity contribution in [2.75, 3.05) is 5.32 Å². The minimum absolute atomic E-state index is 0.491. The van der Waals surface area contributed by atoms with Gasteiger partial charge >= 0.3 is 0 Å². The summed E-state index contributed by atoms with van der Waals surface area (Å²) in [6.45, 7) is 2.12. The minimum atomic E-state index is 0.491. The molecular weight excluding hydrogens is 300 g/mol. The van der Waals surface area contributed by atoms with Crippen molar-refractivity contribution < 1.29 is 0 Å². The maximum Gasteiger partial charge on any atom is 0.132 e. The van der Waals surface area contributed by atoms with Gasteiger partial charge in [0.15, 0.2) is 0 Å².